The average molecular weight is 319 g/mol. The number of ether oxygens (including phenoxy) is 1. The number of carbonyl (C=O) groups is 1. The molecule has 3 rings (SSSR count). The van der Waals surface area contributed by atoms with Crippen LogP contribution in [0.15, 0.2) is 54.6 Å². The number of aryl methyl sites for hydroxylation is 3. The molecule has 0 aliphatic carbocycles. The van der Waals surface area contributed by atoms with E-state index in [-0.39, 0.29) is 12.5 Å². The van der Waals surface area contributed by atoms with Crippen LogP contribution in [-0.4, -0.2) is 12.5 Å². The largest absolute Gasteiger partial charge is 0.483 e. The molecule has 0 atom stereocenters. The molecule has 0 bridgehead atoms. The highest BCUT2D eigenvalue weighted by Crippen LogP contribution is 2.25. The molecule has 0 unspecified atom stereocenters. The van der Waals surface area contributed by atoms with E-state index in [1.165, 1.54) is 5.56 Å². The van der Waals surface area contributed by atoms with Gasteiger partial charge < -0.3 is 10.1 Å². The number of hydrogen-bond donors (Lipinski definition) is 1. The molecular formula is C21H21NO2. The van der Waals surface area contributed by atoms with Crippen LogP contribution >= 0.6 is 0 Å². The van der Waals surface area contributed by atoms with Crippen LogP contribution in [0.2, 0.25) is 0 Å². The molecule has 0 aliphatic heterocycles. The molecule has 0 heterocycles. The summed E-state index contributed by atoms with van der Waals surface area (Å²) in [4.78, 5) is 12.3. The van der Waals surface area contributed by atoms with Gasteiger partial charge in [-0.15, -0.1) is 0 Å². The van der Waals surface area contributed by atoms with Crippen LogP contribution < -0.4 is 10.1 Å². The first-order valence-corrected chi connectivity index (χ1v) is 8.03. The van der Waals surface area contributed by atoms with Crippen molar-refractivity contribution in [3.05, 3.63) is 71.3 Å². The lowest BCUT2D eigenvalue weighted by Crippen LogP contribution is -2.21. The van der Waals surface area contributed by atoms with Crippen LogP contribution in [0.25, 0.3) is 10.8 Å². The third-order valence-corrected chi connectivity index (χ3v) is 4.05. The molecule has 122 valence electrons. The van der Waals surface area contributed by atoms with Crippen molar-refractivity contribution < 1.29 is 9.53 Å². The van der Waals surface area contributed by atoms with Crippen LogP contribution in [-0.2, 0) is 4.79 Å². The van der Waals surface area contributed by atoms with E-state index in [0.717, 1.165) is 33.3 Å². The quantitative estimate of drug-likeness (QED) is 0.751. The van der Waals surface area contributed by atoms with Gasteiger partial charge in [0, 0.05) is 11.1 Å². The number of anilines is 1. The molecule has 1 N–H and O–H groups in total. The van der Waals surface area contributed by atoms with Crippen molar-refractivity contribution in [3.63, 3.8) is 0 Å². The second kappa shape index (κ2) is 6.75. The highest BCUT2D eigenvalue weighted by Gasteiger charge is 2.10. The predicted molar refractivity (Wildman–Crippen MR) is 98.7 cm³/mol. The Balaban J connectivity index is 1.72. The molecule has 0 fully saturated rings. The summed E-state index contributed by atoms with van der Waals surface area (Å²) in [5.74, 6) is 0.568. The zero-order valence-corrected chi connectivity index (χ0v) is 14.2. The van der Waals surface area contributed by atoms with Gasteiger partial charge in [-0.2, -0.15) is 0 Å². The highest BCUT2D eigenvalue weighted by molar-refractivity contribution is 5.94. The van der Waals surface area contributed by atoms with E-state index in [4.69, 9.17) is 4.74 Å². The van der Waals surface area contributed by atoms with Gasteiger partial charge in [0.05, 0.1) is 0 Å². The number of benzene rings is 3. The molecule has 0 aliphatic rings. The minimum absolute atomic E-state index is 0.0131. The van der Waals surface area contributed by atoms with Gasteiger partial charge in [-0.1, -0.05) is 54.1 Å². The van der Waals surface area contributed by atoms with Crippen LogP contribution in [0.1, 0.15) is 16.7 Å². The molecule has 3 aromatic rings. The SMILES string of the molecule is Cc1cc(C)c(NC(=O)COc2cccc3ccccc23)c(C)c1. The van der Waals surface area contributed by atoms with E-state index in [2.05, 4.69) is 24.4 Å². The molecule has 0 saturated carbocycles. The molecule has 0 spiro atoms. The Hall–Kier alpha value is -2.81. The Morgan fingerprint density at radius 1 is 0.958 bits per heavy atom. The maximum absolute atomic E-state index is 12.3. The molecular weight excluding hydrogens is 298 g/mol. The summed E-state index contributed by atoms with van der Waals surface area (Å²) in [6.45, 7) is 6.04. The lowest BCUT2D eigenvalue weighted by Gasteiger charge is -2.14. The molecule has 0 saturated heterocycles. The summed E-state index contributed by atoms with van der Waals surface area (Å²) in [5.41, 5.74) is 4.18. The second-order valence-corrected chi connectivity index (χ2v) is 6.09. The number of rotatable bonds is 4. The first kappa shape index (κ1) is 16.1. The summed E-state index contributed by atoms with van der Waals surface area (Å²) in [5, 5.41) is 5.07. The number of fused-ring (bicyclic) bond motifs is 1. The van der Waals surface area contributed by atoms with Crippen molar-refractivity contribution in [1.82, 2.24) is 0 Å². The van der Waals surface area contributed by atoms with Gasteiger partial charge in [0.1, 0.15) is 5.75 Å². The minimum atomic E-state index is -0.155. The summed E-state index contributed by atoms with van der Waals surface area (Å²) in [6.07, 6.45) is 0. The smallest absolute Gasteiger partial charge is 0.262 e. The van der Waals surface area contributed by atoms with Crippen molar-refractivity contribution in [2.45, 2.75) is 20.8 Å². The van der Waals surface area contributed by atoms with Crippen molar-refractivity contribution >= 4 is 22.4 Å². The Labute approximate surface area is 142 Å². The van der Waals surface area contributed by atoms with Gasteiger partial charge in [-0.25, -0.2) is 0 Å². The summed E-state index contributed by atoms with van der Waals surface area (Å²) in [6, 6.07) is 18.0. The Bertz CT molecular complexity index is 871. The zero-order chi connectivity index (χ0) is 17.1. The van der Waals surface area contributed by atoms with E-state index in [0.29, 0.717) is 0 Å². The number of hydrogen-bond acceptors (Lipinski definition) is 2. The summed E-state index contributed by atoms with van der Waals surface area (Å²) >= 11 is 0. The highest BCUT2D eigenvalue weighted by atomic mass is 16.5. The van der Waals surface area contributed by atoms with Gasteiger partial charge in [0.2, 0.25) is 0 Å². The summed E-state index contributed by atoms with van der Waals surface area (Å²) < 4.78 is 5.74. The zero-order valence-electron chi connectivity index (χ0n) is 14.2. The number of carbonyl (C=O) groups excluding carboxylic acids is 1. The van der Waals surface area contributed by atoms with Gasteiger partial charge in [-0.05, 0) is 43.4 Å². The first-order valence-electron chi connectivity index (χ1n) is 8.03. The molecule has 0 radical (unpaired) electrons. The fraction of sp³-hybridized carbons (Fsp3) is 0.190. The van der Waals surface area contributed by atoms with E-state index in [1.807, 2.05) is 56.3 Å². The molecule has 24 heavy (non-hydrogen) atoms. The van der Waals surface area contributed by atoms with Crippen molar-refractivity contribution in [2.24, 2.45) is 0 Å². The number of nitrogens with one attached hydrogen (secondary N) is 1. The topological polar surface area (TPSA) is 38.3 Å². The van der Waals surface area contributed by atoms with Crippen molar-refractivity contribution in [3.8, 4) is 5.75 Å². The van der Waals surface area contributed by atoms with Gasteiger partial charge >= 0.3 is 0 Å². The van der Waals surface area contributed by atoms with E-state index >= 15 is 0 Å². The van der Waals surface area contributed by atoms with E-state index < -0.39 is 0 Å². The van der Waals surface area contributed by atoms with Crippen LogP contribution in [0.4, 0.5) is 5.69 Å². The molecule has 1 amide bonds. The Kier molecular flexibility index (Phi) is 4.52. The van der Waals surface area contributed by atoms with E-state index in [9.17, 15) is 4.79 Å². The van der Waals surface area contributed by atoms with Gasteiger partial charge in [0.25, 0.3) is 5.91 Å². The molecule has 0 aromatic heterocycles. The standard InChI is InChI=1S/C21H21NO2/c1-14-11-15(2)21(16(3)12-14)22-20(23)13-24-19-10-6-8-17-7-4-5-9-18(17)19/h4-12H,13H2,1-3H3,(H,22,23). The average Bonchev–Trinajstić information content (AvgIpc) is 2.56. The van der Waals surface area contributed by atoms with Crippen LogP contribution in [0.5, 0.6) is 5.75 Å². The normalized spacial score (nSPS) is 10.6. The Morgan fingerprint density at radius 2 is 1.62 bits per heavy atom. The third-order valence-electron chi connectivity index (χ3n) is 4.05. The van der Waals surface area contributed by atoms with Crippen molar-refractivity contribution in [2.75, 3.05) is 11.9 Å². The third kappa shape index (κ3) is 3.40. The van der Waals surface area contributed by atoms with E-state index in [1.54, 1.807) is 0 Å². The maximum atomic E-state index is 12.3. The Morgan fingerprint density at radius 3 is 2.38 bits per heavy atom. The molecule has 3 aromatic carbocycles. The van der Waals surface area contributed by atoms with Crippen molar-refractivity contribution in [1.29, 1.82) is 0 Å². The predicted octanol–water partition coefficient (Wildman–Crippen LogP) is 4.78. The first-order chi connectivity index (χ1) is 11.5. The second-order valence-electron chi connectivity index (χ2n) is 6.09. The fourth-order valence-corrected chi connectivity index (χ4v) is 3.02. The number of amides is 1. The monoisotopic (exact) mass is 319 g/mol. The molecule has 3 nitrogen and oxygen atoms in total. The minimum Gasteiger partial charge on any atom is -0.483 e. The molecule has 3 heteroatoms. The van der Waals surface area contributed by atoms with Crippen LogP contribution in [0, 0.1) is 20.8 Å². The fourth-order valence-electron chi connectivity index (χ4n) is 3.02. The summed E-state index contributed by atoms with van der Waals surface area (Å²) in [7, 11) is 0. The van der Waals surface area contributed by atoms with Crippen LogP contribution in [0.3, 0.4) is 0 Å². The lowest BCUT2D eigenvalue weighted by atomic mass is 10.1. The van der Waals surface area contributed by atoms with Gasteiger partial charge in [0.15, 0.2) is 6.61 Å². The maximum Gasteiger partial charge on any atom is 0.262 e. The van der Waals surface area contributed by atoms with Gasteiger partial charge in [-0.3, -0.25) is 4.79 Å². The lowest BCUT2D eigenvalue weighted by molar-refractivity contribution is -0.118.